The molecule has 0 aromatic carbocycles. The van der Waals surface area contributed by atoms with Crippen LogP contribution in [-0.2, 0) is 9.78 Å². The maximum Gasteiger partial charge on any atom is 0.133 e. The molecule has 0 bridgehead atoms. The molecule has 0 rings (SSSR count). The monoisotopic (exact) mass is 175 g/mol. The minimum atomic E-state index is 0.141. The highest BCUT2D eigenvalue weighted by Gasteiger charge is 1.97. The molecule has 11 heavy (non-hydrogen) atoms. The zero-order valence-corrected chi connectivity index (χ0v) is 7.69. The number of hydrogen-bond acceptors (Lipinski definition) is 4. The van der Waals surface area contributed by atoms with E-state index in [1.807, 2.05) is 19.2 Å². The van der Waals surface area contributed by atoms with Gasteiger partial charge in [0.2, 0.25) is 0 Å². The average Bonchev–Trinajstić information content (AvgIpc) is 2.04. The number of nitrogens with zero attached hydrogens (tertiary/aromatic N) is 1. The smallest absolute Gasteiger partial charge is 0.133 e. The van der Waals surface area contributed by atoms with Crippen molar-refractivity contribution in [2.45, 2.75) is 26.4 Å². The van der Waals surface area contributed by atoms with E-state index >= 15 is 0 Å². The Morgan fingerprint density at radius 2 is 2.36 bits per heavy atom. The van der Waals surface area contributed by atoms with Gasteiger partial charge in [-0.05, 0) is 25.1 Å². The van der Waals surface area contributed by atoms with Crippen LogP contribution >= 0.6 is 11.8 Å². The lowest BCUT2D eigenvalue weighted by Gasteiger charge is -2.07. The molecular formula is C7H13NO2S. The highest BCUT2D eigenvalue weighted by atomic mass is 32.2. The Morgan fingerprint density at radius 1 is 1.64 bits per heavy atom. The lowest BCUT2D eigenvalue weighted by atomic mass is 10.3. The minimum absolute atomic E-state index is 0.141. The molecule has 4 heteroatoms. The predicted molar refractivity (Wildman–Crippen MR) is 44.9 cm³/mol. The van der Waals surface area contributed by atoms with Crippen LogP contribution in [0.15, 0.2) is 0 Å². The van der Waals surface area contributed by atoms with Crippen LogP contribution < -0.4 is 0 Å². The van der Waals surface area contributed by atoms with Gasteiger partial charge in [0.05, 0.1) is 12.7 Å². The predicted octanol–water partition coefficient (Wildman–Crippen LogP) is 1.95. The molecule has 0 radical (unpaired) electrons. The van der Waals surface area contributed by atoms with E-state index in [1.54, 1.807) is 0 Å². The molecule has 0 fully saturated rings. The zero-order chi connectivity index (χ0) is 8.53. The SMILES string of the molecule is CCC(C)OOCCSC#N. The largest absolute Gasteiger partial charge is 0.236 e. The first kappa shape index (κ1) is 10.8. The first-order valence-electron chi connectivity index (χ1n) is 3.60. The molecule has 0 aliphatic rings. The number of rotatable bonds is 6. The minimum Gasteiger partial charge on any atom is -0.236 e. The van der Waals surface area contributed by atoms with Crippen molar-refractivity contribution < 1.29 is 9.78 Å². The fourth-order valence-electron chi connectivity index (χ4n) is 0.354. The highest BCUT2D eigenvalue weighted by Crippen LogP contribution is 1.99. The van der Waals surface area contributed by atoms with Gasteiger partial charge in [-0.3, -0.25) is 0 Å². The van der Waals surface area contributed by atoms with Gasteiger partial charge in [0.25, 0.3) is 0 Å². The number of thioether (sulfide) groups is 1. The summed E-state index contributed by atoms with van der Waals surface area (Å²) in [7, 11) is 0. The summed E-state index contributed by atoms with van der Waals surface area (Å²) in [6, 6.07) is 0. The Bertz CT molecular complexity index is 124. The van der Waals surface area contributed by atoms with Gasteiger partial charge in [-0.25, -0.2) is 9.78 Å². The maximum absolute atomic E-state index is 8.14. The topological polar surface area (TPSA) is 42.2 Å². The van der Waals surface area contributed by atoms with Crippen molar-refractivity contribution in [2.75, 3.05) is 12.4 Å². The van der Waals surface area contributed by atoms with E-state index in [2.05, 4.69) is 0 Å². The Kier molecular flexibility index (Phi) is 7.69. The van der Waals surface area contributed by atoms with Crippen molar-refractivity contribution in [3.63, 3.8) is 0 Å². The quantitative estimate of drug-likeness (QED) is 0.268. The summed E-state index contributed by atoms with van der Waals surface area (Å²) in [6.45, 7) is 4.44. The standard InChI is InChI=1S/C7H13NO2S/c1-3-7(2)10-9-4-5-11-6-8/h7H,3-5H2,1-2H3. The molecule has 0 saturated carbocycles. The number of nitriles is 1. The second-order valence-electron chi connectivity index (χ2n) is 2.08. The van der Waals surface area contributed by atoms with E-state index in [0.717, 1.165) is 6.42 Å². The number of hydrogen-bond donors (Lipinski definition) is 0. The molecule has 0 aliphatic carbocycles. The highest BCUT2D eigenvalue weighted by molar-refractivity contribution is 8.03. The van der Waals surface area contributed by atoms with Crippen LogP contribution in [0.5, 0.6) is 0 Å². The lowest BCUT2D eigenvalue weighted by molar-refractivity contribution is -0.317. The van der Waals surface area contributed by atoms with E-state index in [-0.39, 0.29) is 6.10 Å². The summed E-state index contributed by atoms with van der Waals surface area (Å²) in [5, 5.41) is 10.1. The van der Waals surface area contributed by atoms with Gasteiger partial charge in [0.1, 0.15) is 5.40 Å². The molecule has 0 saturated heterocycles. The van der Waals surface area contributed by atoms with E-state index < -0.39 is 0 Å². The van der Waals surface area contributed by atoms with Gasteiger partial charge >= 0.3 is 0 Å². The van der Waals surface area contributed by atoms with Crippen molar-refractivity contribution in [2.24, 2.45) is 0 Å². The van der Waals surface area contributed by atoms with Gasteiger partial charge in [-0.15, -0.1) is 0 Å². The van der Waals surface area contributed by atoms with Crippen LogP contribution in [0, 0.1) is 10.7 Å². The van der Waals surface area contributed by atoms with Crippen molar-refractivity contribution in [3.8, 4) is 5.40 Å². The Labute approximate surface area is 71.6 Å². The van der Waals surface area contributed by atoms with Crippen LogP contribution in [0.4, 0.5) is 0 Å². The summed E-state index contributed by atoms with van der Waals surface area (Å²) in [4.78, 5) is 9.73. The average molecular weight is 175 g/mol. The number of thiocyanates is 1. The van der Waals surface area contributed by atoms with E-state index in [4.69, 9.17) is 15.0 Å². The van der Waals surface area contributed by atoms with Gasteiger partial charge in [-0.1, -0.05) is 6.92 Å². The van der Waals surface area contributed by atoms with Gasteiger partial charge in [-0.2, -0.15) is 5.26 Å². The molecule has 0 heterocycles. The molecule has 64 valence electrons. The molecular weight excluding hydrogens is 162 g/mol. The van der Waals surface area contributed by atoms with Crippen molar-refractivity contribution >= 4 is 11.8 Å². The second-order valence-corrected chi connectivity index (χ2v) is 2.96. The van der Waals surface area contributed by atoms with Crippen LogP contribution in [0.1, 0.15) is 20.3 Å². The molecule has 0 N–H and O–H groups in total. The van der Waals surface area contributed by atoms with Crippen LogP contribution in [0.3, 0.4) is 0 Å². The maximum atomic E-state index is 8.14. The fourth-order valence-corrected chi connectivity index (χ4v) is 0.596. The van der Waals surface area contributed by atoms with E-state index in [9.17, 15) is 0 Å². The molecule has 0 amide bonds. The summed E-state index contributed by atoms with van der Waals surface area (Å²) >= 11 is 1.17. The van der Waals surface area contributed by atoms with Gasteiger partial charge in [0, 0.05) is 5.75 Å². The molecule has 3 nitrogen and oxygen atoms in total. The third-order valence-corrected chi connectivity index (χ3v) is 1.64. The van der Waals surface area contributed by atoms with Gasteiger partial charge < -0.3 is 0 Å². The van der Waals surface area contributed by atoms with E-state index in [1.165, 1.54) is 11.8 Å². The fraction of sp³-hybridized carbons (Fsp3) is 0.857. The third kappa shape index (κ3) is 7.66. The van der Waals surface area contributed by atoms with E-state index in [0.29, 0.717) is 12.4 Å². The Balaban J connectivity index is 2.97. The summed E-state index contributed by atoms with van der Waals surface area (Å²) in [5.74, 6) is 0.660. The van der Waals surface area contributed by atoms with Crippen molar-refractivity contribution in [1.29, 1.82) is 5.26 Å². The van der Waals surface area contributed by atoms with Crippen LogP contribution in [-0.4, -0.2) is 18.5 Å². The molecule has 1 unspecified atom stereocenters. The zero-order valence-electron chi connectivity index (χ0n) is 6.87. The second kappa shape index (κ2) is 7.86. The lowest BCUT2D eigenvalue weighted by Crippen LogP contribution is -2.08. The molecule has 0 spiro atoms. The summed E-state index contributed by atoms with van der Waals surface area (Å²) < 4.78 is 0. The first-order chi connectivity index (χ1) is 5.31. The van der Waals surface area contributed by atoms with Crippen molar-refractivity contribution in [1.82, 2.24) is 0 Å². The summed E-state index contributed by atoms with van der Waals surface area (Å²) in [5.41, 5.74) is 0. The molecule has 0 aromatic rings. The van der Waals surface area contributed by atoms with Crippen molar-refractivity contribution in [3.05, 3.63) is 0 Å². The summed E-state index contributed by atoms with van der Waals surface area (Å²) in [6.07, 6.45) is 1.08. The normalized spacial score (nSPS) is 12.5. The molecule has 0 aliphatic heterocycles. The Hall–Kier alpha value is -0.240. The van der Waals surface area contributed by atoms with Crippen LogP contribution in [0.25, 0.3) is 0 Å². The molecule has 0 aromatic heterocycles. The first-order valence-corrected chi connectivity index (χ1v) is 4.59. The van der Waals surface area contributed by atoms with Crippen LogP contribution in [0.2, 0.25) is 0 Å². The molecule has 1 atom stereocenters. The van der Waals surface area contributed by atoms with Gasteiger partial charge in [0.15, 0.2) is 0 Å². The Morgan fingerprint density at radius 3 is 2.91 bits per heavy atom. The third-order valence-electron chi connectivity index (χ3n) is 1.14.